The summed E-state index contributed by atoms with van der Waals surface area (Å²) in [6.07, 6.45) is 8.12. The van der Waals surface area contributed by atoms with Crippen molar-refractivity contribution in [2.24, 2.45) is 23.2 Å². The van der Waals surface area contributed by atoms with Gasteiger partial charge in [0.15, 0.2) is 5.76 Å². The topological polar surface area (TPSA) is 42.2 Å². The molecule has 4 saturated carbocycles. The van der Waals surface area contributed by atoms with Crippen LogP contribution in [0.3, 0.4) is 0 Å². The summed E-state index contributed by atoms with van der Waals surface area (Å²) in [5.74, 6) is 3.00. The summed E-state index contributed by atoms with van der Waals surface area (Å²) in [5.41, 5.74) is 1.89. The Kier molecular flexibility index (Phi) is 3.69. The van der Waals surface area contributed by atoms with Crippen LogP contribution in [0.2, 0.25) is 5.02 Å². The fraction of sp³-hybridized carbons (Fsp3) is 0.591. The molecule has 138 valence electrons. The zero-order chi connectivity index (χ0) is 18.1. The third kappa shape index (κ3) is 2.51. The largest absolute Gasteiger partial charge is 0.451 e. The van der Waals surface area contributed by atoms with Gasteiger partial charge in [-0.25, -0.2) is 0 Å². The number of hydrogen-bond donors (Lipinski definition) is 1. The molecule has 4 bridgehead atoms. The predicted molar refractivity (Wildman–Crippen MR) is 103 cm³/mol. The number of aryl methyl sites for hydroxylation is 1. The summed E-state index contributed by atoms with van der Waals surface area (Å²) in [5, 5.41) is 4.89. The lowest BCUT2D eigenvalue weighted by Crippen LogP contribution is -2.55. The lowest BCUT2D eigenvalue weighted by Gasteiger charge is -2.59. The number of benzene rings is 1. The molecule has 0 unspecified atom stereocenters. The molecule has 0 aliphatic heterocycles. The summed E-state index contributed by atoms with van der Waals surface area (Å²) in [6, 6.07) is 5.70. The Morgan fingerprint density at radius 2 is 1.81 bits per heavy atom. The maximum Gasteiger partial charge on any atom is 0.287 e. The Morgan fingerprint density at radius 3 is 2.42 bits per heavy atom. The third-order valence-corrected chi connectivity index (χ3v) is 7.69. The molecule has 1 aromatic heterocycles. The molecule has 0 saturated heterocycles. The van der Waals surface area contributed by atoms with Crippen LogP contribution in [-0.4, -0.2) is 11.9 Å². The molecule has 1 amide bonds. The summed E-state index contributed by atoms with van der Waals surface area (Å²) >= 11 is 6.10. The van der Waals surface area contributed by atoms with Crippen molar-refractivity contribution in [3.8, 4) is 0 Å². The Labute approximate surface area is 159 Å². The van der Waals surface area contributed by atoms with Crippen molar-refractivity contribution in [2.75, 3.05) is 0 Å². The highest BCUT2D eigenvalue weighted by molar-refractivity contribution is 6.31. The number of halogens is 1. The first-order chi connectivity index (χ1) is 12.4. The van der Waals surface area contributed by atoms with Gasteiger partial charge in [0.2, 0.25) is 0 Å². The van der Waals surface area contributed by atoms with Crippen LogP contribution in [0.4, 0.5) is 0 Å². The van der Waals surface area contributed by atoms with Gasteiger partial charge in [0, 0.05) is 22.0 Å². The first-order valence-electron chi connectivity index (χ1n) is 9.93. The number of amides is 1. The van der Waals surface area contributed by atoms with Crippen LogP contribution in [0.25, 0.3) is 11.0 Å². The highest BCUT2D eigenvalue weighted by Gasteiger charge is 2.53. The van der Waals surface area contributed by atoms with E-state index in [9.17, 15) is 4.79 Å². The van der Waals surface area contributed by atoms with Gasteiger partial charge in [0.05, 0.1) is 0 Å². The van der Waals surface area contributed by atoms with Gasteiger partial charge >= 0.3 is 0 Å². The van der Waals surface area contributed by atoms with Crippen molar-refractivity contribution in [3.63, 3.8) is 0 Å². The van der Waals surface area contributed by atoms with Gasteiger partial charge in [-0.15, -0.1) is 0 Å². The van der Waals surface area contributed by atoms with Crippen LogP contribution in [0, 0.1) is 30.1 Å². The highest BCUT2D eigenvalue weighted by Crippen LogP contribution is 2.61. The first kappa shape index (κ1) is 16.7. The van der Waals surface area contributed by atoms with Crippen LogP contribution in [0.15, 0.2) is 22.6 Å². The molecule has 1 atom stereocenters. The van der Waals surface area contributed by atoms with E-state index in [1.807, 2.05) is 19.1 Å². The van der Waals surface area contributed by atoms with Crippen LogP contribution < -0.4 is 5.32 Å². The fourth-order valence-corrected chi connectivity index (χ4v) is 6.71. The highest BCUT2D eigenvalue weighted by atomic mass is 35.5. The summed E-state index contributed by atoms with van der Waals surface area (Å²) in [4.78, 5) is 13.0. The van der Waals surface area contributed by atoms with Gasteiger partial charge in [-0.05, 0) is 93.7 Å². The molecule has 2 aromatic rings. The molecule has 26 heavy (non-hydrogen) atoms. The molecule has 3 nitrogen and oxygen atoms in total. The van der Waals surface area contributed by atoms with Crippen LogP contribution in [0.5, 0.6) is 0 Å². The normalized spacial score (nSPS) is 33.6. The van der Waals surface area contributed by atoms with E-state index >= 15 is 0 Å². The van der Waals surface area contributed by atoms with Gasteiger partial charge in [-0.2, -0.15) is 0 Å². The molecular formula is C22H26ClNO2. The number of carbonyl (C=O) groups is 1. The molecule has 4 fully saturated rings. The number of nitrogens with one attached hydrogen (secondary N) is 1. The second-order valence-corrected chi connectivity index (χ2v) is 9.61. The number of hydrogen-bond acceptors (Lipinski definition) is 2. The molecule has 4 aliphatic rings. The molecule has 0 radical (unpaired) electrons. The zero-order valence-electron chi connectivity index (χ0n) is 15.5. The van der Waals surface area contributed by atoms with Gasteiger partial charge in [0.25, 0.3) is 5.91 Å². The van der Waals surface area contributed by atoms with Crippen molar-refractivity contribution in [3.05, 3.63) is 34.5 Å². The molecule has 1 aromatic carbocycles. The quantitative estimate of drug-likeness (QED) is 0.748. The average Bonchev–Trinajstić information content (AvgIpc) is 2.90. The lowest BCUT2D eigenvalue weighted by molar-refractivity contribution is -0.0688. The van der Waals surface area contributed by atoms with E-state index in [-0.39, 0.29) is 11.9 Å². The van der Waals surface area contributed by atoms with Gasteiger partial charge < -0.3 is 9.73 Å². The molecule has 4 aliphatic carbocycles. The minimum atomic E-state index is -0.0851. The first-order valence-corrected chi connectivity index (χ1v) is 10.3. The van der Waals surface area contributed by atoms with Gasteiger partial charge in [0.1, 0.15) is 5.58 Å². The SMILES string of the molecule is Cc1c(C(=O)N[C@@H](C)C23CC4CC(CC(C4)C2)C3)oc2ccc(Cl)cc12. The number of furan rings is 1. The molecule has 1 heterocycles. The number of rotatable bonds is 3. The summed E-state index contributed by atoms with van der Waals surface area (Å²) < 4.78 is 5.86. The van der Waals surface area contributed by atoms with Gasteiger partial charge in [-0.3, -0.25) is 4.79 Å². The monoisotopic (exact) mass is 371 g/mol. The van der Waals surface area contributed by atoms with Crippen molar-refractivity contribution in [1.82, 2.24) is 5.32 Å². The van der Waals surface area contributed by atoms with E-state index in [1.165, 1.54) is 38.5 Å². The minimum absolute atomic E-state index is 0.0851. The van der Waals surface area contributed by atoms with Crippen molar-refractivity contribution in [2.45, 2.75) is 58.4 Å². The molecule has 1 N–H and O–H groups in total. The van der Waals surface area contributed by atoms with E-state index in [1.54, 1.807) is 6.07 Å². The molecule has 4 heteroatoms. The molecule has 6 rings (SSSR count). The van der Waals surface area contributed by atoms with Crippen molar-refractivity contribution >= 4 is 28.5 Å². The van der Waals surface area contributed by atoms with Crippen LogP contribution in [0.1, 0.15) is 61.6 Å². The smallest absolute Gasteiger partial charge is 0.287 e. The van der Waals surface area contributed by atoms with E-state index in [2.05, 4.69) is 12.2 Å². The Balaban J connectivity index is 1.39. The maximum absolute atomic E-state index is 13.0. The third-order valence-electron chi connectivity index (χ3n) is 7.46. The second-order valence-electron chi connectivity index (χ2n) is 9.17. The van der Waals surface area contributed by atoms with Crippen LogP contribution in [-0.2, 0) is 0 Å². The summed E-state index contributed by atoms with van der Waals surface area (Å²) in [7, 11) is 0. The fourth-order valence-electron chi connectivity index (χ4n) is 6.53. The second kappa shape index (κ2) is 5.76. The van der Waals surface area contributed by atoms with Gasteiger partial charge in [-0.1, -0.05) is 11.6 Å². The Bertz CT molecular complexity index is 848. The number of carbonyl (C=O) groups excluding carboxylic acids is 1. The number of fused-ring (bicyclic) bond motifs is 1. The van der Waals surface area contributed by atoms with E-state index in [0.717, 1.165) is 34.3 Å². The van der Waals surface area contributed by atoms with E-state index in [0.29, 0.717) is 16.2 Å². The summed E-state index contributed by atoms with van der Waals surface area (Å²) in [6.45, 7) is 4.15. The van der Waals surface area contributed by atoms with E-state index in [4.69, 9.17) is 16.0 Å². The lowest BCUT2D eigenvalue weighted by atomic mass is 9.48. The Morgan fingerprint density at radius 1 is 1.19 bits per heavy atom. The standard InChI is InChI=1S/C22H26ClNO2/c1-12-18-8-17(23)3-4-19(18)26-20(12)21(25)24-13(2)22-9-14-5-15(10-22)7-16(6-14)11-22/h3-4,8,13-16H,5-7,9-11H2,1-2H3,(H,24,25)/t13-,14?,15?,16?,22?/m0/s1. The van der Waals surface area contributed by atoms with Crippen molar-refractivity contribution < 1.29 is 9.21 Å². The maximum atomic E-state index is 13.0. The molecule has 0 spiro atoms. The zero-order valence-corrected chi connectivity index (χ0v) is 16.2. The van der Waals surface area contributed by atoms with Crippen LogP contribution >= 0.6 is 11.6 Å². The van der Waals surface area contributed by atoms with Crippen molar-refractivity contribution in [1.29, 1.82) is 0 Å². The Hall–Kier alpha value is -1.48. The average molecular weight is 372 g/mol. The van der Waals surface area contributed by atoms with E-state index < -0.39 is 0 Å². The molecular weight excluding hydrogens is 346 g/mol. The minimum Gasteiger partial charge on any atom is -0.451 e. The predicted octanol–water partition coefficient (Wildman–Crippen LogP) is 5.73.